The first-order valence-corrected chi connectivity index (χ1v) is 10.7. The van der Waals surface area contributed by atoms with Crippen molar-refractivity contribution in [2.75, 3.05) is 5.32 Å². The van der Waals surface area contributed by atoms with Gasteiger partial charge in [0.2, 0.25) is 0 Å². The molecule has 0 amide bonds. The number of aromatic nitrogens is 4. The van der Waals surface area contributed by atoms with Gasteiger partial charge in [0.1, 0.15) is 36.3 Å². The van der Waals surface area contributed by atoms with Crippen LogP contribution in [0.5, 0.6) is 5.75 Å². The molecule has 2 aromatic heterocycles. The molecule has 0 aliphatic rings. The molecule has 9 heteroatoms. The summed E-state index contributed by atoms with van der Waals surface area (Å²) in [6.45, 7) is 0.196. The van der Waals surface area contributed by atoms with Crippen LogP contribution in [0.15, 0.2) is 79.3 Å². The number of hydrogen-bond donors (Lipinski definition) is 1. The fourth-order valence-electron chi connectivity index (χ4n) is 3.39. The van der Waals surface area contributed by atoms with E-state index in [1.54, 1.807) is 65.5 Å². The molecule has 0 aliphatic heterocycles. The fourth-order valence-corrected chi connectivity index (χ4v) is 3.62. The lowest BCUT2D eigenvalue weighted by atomic mass is 10.2. The summed E-state index contributed by atoms with van der Waals surface area (Å²) in [5.41, 5.74) is 3.99. The minimum atomic E-state index is -0.316. The molecule has 0 fully saturated rings. The van der Waals surface area contributed by atoms with Crippen LogP contribution < -0.4 is 10.1 Å². The van der Waals surface area contributed by atoms with Crippen LogP contribution in [-0.4, -0.2) is 26.0 Å². The fraction of sp³-hybridized carbons (Fsp3) is 0.0400. The molecule has 0 atom stereocenters. The van der Waals surface area contributed by atoms with E-state index in [2.05, 4.69) is 20.4 Å². The van der Waals surface area contributed by atoms with Crippen LogP contribution in [0.2, 0.25) is 5.02 Å². The second-order valence-electron chi connectivity index (χ2n) is 7.43. The van der Waals surface area contributed by atoms with Crippen LogP contribution in [0.4, 0.5) is 15.9 Å². The molecule has 0 radical (unpaired) electrons. The number of hydrogen-bond acceptors (Lipinski definition) is 6. The van der Waals surface area contributed by atoms with Gasteiger partial charge >= 0.3 is 0 Å². The van der Waals surface area contributed by atoms with Crippen molar-refractivity contribution in [2.45, 2.75) is 6.61 Å². The van der Waals surface area contributed by atoms with Crippen molar-refractivity contribution in [2.24, 2.45) is 0 Å². The predicted molar refractivity (Wildman–Crippen MR) is 128 cm³/mol. The van der Waals surface area contributed by atoms with E-state index in [1.165, 1.54) is 18.5 Å². The number of carbonyl (C=O) groups is 1. The molecule has 5 rings (SSSR count). The van der Waals surface area contributed by atoms with Crippen molar-refractivity contribution in [3.63, 3.8) is 0 Å². The van der Waals surface area contributed by atoms with Crippen LogP contribution in [0.1, 0.15) is 15.9 Å². The molecule has 7 nitrogen and oxygen atoms in total. The molecule has 0 unspecified atom stereocenters. The zero-order valence-electron chi connectivity index (χ0n) is 17.7. The number of nitrogens with zero attached hydrogens (tertiary/aromatic N) is 4. The number of nitrogens with one attached hydrogen (secondary N) is 1. The molecule has 0 bridgehead atoms. The van der Waals surface area contributed by atoms with Crippen molar-refractivity contribution in [3.05, 3.63) is 101 Å². The molecule has 5 aromatic rings. The van der Waals surface area contributed by atoms with Crippen molar-refractivity contribution >= 4 is 40.4 Å². The van der Waals surface area contributed by atoms with Gasteiger partial charge < -0.3 is 10.1 Å². The zero-order valence-corrected chi connectivity index (χ0v) is 18.4. The summed E-state index contributed by atoms with van der Waals surface area (Å²) in [7, 11) is 0. The van der Waals surface area contributed by atoms with Crippen molar-refractivity contribution in [1.29, 1.82) is 0 Å². The molecule has 0 saturated carbocycles. The Labute approximate surface area is 198 Å². The molecular weight excluding hydrogens is 457 g/mol. The Morgan fingerprint density at radius 1 is 1.06 bits per heavy atom. The highest BCUT2D eigenvalue weighted by molar-refractivity contribution is 6.32. The Hall–Kier alpha value is -4.30. The Kier molecular flexibility index (Phi) is 5.88. The summed E-state index contributed by atoms with van der Waals surface area (Å²) >= 11 is 6.40. The standard InChI is InChI=1S/C25H17ClFN5O2/c26-21-11-19(6-9-23(21)34-14-17-2-1-3-18(27)10-17)30-25-24-22(28-15-29-25)12-32(31-24)20-7-4-16(13-33)5-8-20/h1-13,15H,14H2,(H,28,29,30). The predicted octanol–water partition coefficient (Wildman–Crippen LogP) is 5.74. The second-order valence-corrected chi connectivity index (χ2v) is 7.84. The summed E-state index contributed by atoms with van der Waals surface area (Å²) in [4.78, 5) is 19.5. The Morgan fingerprint density at radius 2 is 1.91 bits per heavy atom. The van der Waals surface area contributed by atoms with E-state index >= 15 is 0 Å². The van der Waals surface area contributed by atoms with Gasteiger partial charge in [-0.25, -0.2) is 19.0 Å². The largest absolute Gasteiger partial charge is 0.487 e. The third-order valence-electron chi connectivity index (χ3n) is 5.07. The monoisotopic (exact) mass is 473 g/mol. The van der Waals surface area contributed by atoms with E-state index in [1.807, 2.05) is 0 Å². The summed E-state index contributed by atoms with van der Waals surface area (Å²) in [6, 6.07) is 18.5. The highest BCUT2D eigenvalue weighted by atomic mass is 35.5. The van der Waals surface area contributed by atoms with Crippen molar-refractivity contribution in [1.82, 2.24) is 19.7 Å². The minimum absolute atomic E-state index is 0.196. The van der Waals surface area contributed by atoms with E-state index < -0.39 is 0 Å². The van der Waals surface area contributed by atoms with Crippen LogP contribution in [0.3, 0.4) is 0 Å². The molecule has 0 spiro atoms. The second kappa shape index (κ2) is 9.29. The van der Waals surface area contributed by atoms with Gasteiger partial charge in [-0.3, -0.25) is 4.79 Å². The number of carbonyl (C=O) groups excluding carboxylic acids is 1. The molecule has 0 aliphatic carbocycles. The first kappa shape index (κ1) is 21.5. The number of aldehydes is 1. The maximum Gasteiger partial charge on any atom is 0.162 e. The number of anilines is 2. The smallest absolute Gasteiger partial charge is 0.162 e. The average molecular weight is 474 g/mol. The number of halogens is 2. The zero-order chi connectivity index (χ0) is 23.5. The Bertz CT molecular complexity index is 1490. The lowest BCUT2D eigenvalue weighted by Gasteiger charge is -2.11. The van der Waals surface area contributed by atoms with Gasteiger partial charge in [-0.1, -0.05) is 23.7 Å². The van der Waals surface area contributed by atoms with Crippen LogP contribution in [-0.2, 0) is 6.61 Å². The van der Waals surface area contributed by atoms with Gasteiger partial charge in [0.15, 0.2) is 11.3 Å². The van der Waals surface area contributed by atoms with Crippen LogP contribution >= 0.6 is 11.6 Å². The average Bonchev–Trinajstić information content (AvgIpc) is 3.29. The molecule has 0 saturated heterocycles. The lowest BCUT2D eigenvalue weighted by Crippen LogP contribution is -1.99. The van der Waals surface area contributed by atoms with E-state index in [-0.39, 0.29) is 12.4 Å². The SMILES string of the molecule is O=Cc1ccc(-n2cc3ncnc(Nc4ccc(OCc5cccc(F)c5)c(Cl)c4)c3n2)cc1. The highest BCUT2D eigenvalue weighted by Crippen LogP contribution is 2.31. The highest BCUT2D eigenvalue weighted by Gasteiger charge is 2.12. The van der Waals surface area contributed by atoms with Gasteiger partial charge in [-0.15, -0.1) is 0 Å². The molecule has 168 valence electrons. The van der Waals surface area contributed by atoms with Gasteiger partial charge in [-0.05, 0) is 60.2 Å². The Balaban J connectivity index is 1.35. The molecule has 2 heterocycles. The maximum absolute atomic E-state index is 13.4. The van der Waals surface area contributed by atoms with Gasteiger partial charge in [0.25, 0.3) is 0 Å². The molecule has 1 N–H and O–H groups in total. The first-order valence-electron chi connectivity index (χ1n) is 10.3. The minimum Gasteiger partial charge on any atom is -0.487 e. The van der Waals surface area contributed by atoms with E-state index in [4.69, 9.17) is 16.3 Å². The van der Waals surface area contributed by atoms with Crippen LogP contribution in [0, 0.1) is 5.82 Å². The number of fused-ring (bicyclic) bond motifs is 1. The normalized spacial score (nSPS) is 10.9. The molecule has 34 heavy (non-hydrogen) atoms. The van der Waals surface area contributed by atoms with Gasteiger partial charge in [-0.2, -0.15) is 5.10 Å². The lowest BCUT2D eigenvalue weighted by molar-refractivity contribution is 0.112. The summed E-state index contributed by atoms with van der Waals surface area (Å²) in [5, 5.41) is 8.21. The first-order chi connectivity index (χ1) is 16.6. The van der Waals surface area contributed by atoms with Gasteiger partial charge in [0, 0.05) is 11.3 Å². The summed E-state index contributed by atoms with van der Waals surface area (Å²) in [6.07, 6.45) is 4.03. The Morgan fingerprint density at radius 3 is 2.68 bits per heavy atom. The van der Waals surface area contributed by atoms with Crippen LogP contribution in [0.25, 0.3) is 16.7 Å². The maximum atomic E-state index is 13.4. The number of benzene rings is 3. The van der Waals surface area contributed by atoms with E-state index in [9.17, 15) is 9.18 Å². The van der Waals surface area contributed by atoms with Gasteiger partial charge in [0.05, 0.1) is 16.9 Å². The van der Waals surface area contributed by atoms with Crippen molar-refractivity contribution in [3.8, 4) is 11.4 Å². The molecule has 3 aromatic carbocycles. The summed E-state index contributed by atoms with van der Waals surface area (Å²) in [5.74, 6) is 0.674. The number of rotatable bonds is 7. The number of ether oxygens (including phenoxy) is 1. The van der Waals surface area contributed by atoms with E-state index in [0.717, 1.165) is 12.0 Å². The molecular formula is C25H17ClFN5O2. The third-order valence-corrected chi connectivity index (χ3v) is 5.37. The topological polar surface area (TPSA) is 81.9 Å². The quantitative estimate of drug-likeness (QED) is 0.303. The summed E-state index contributed by atoms with van der Waals surface area (Å²) < 4.78 is 20.8. The van der Waals surface area contributed by atoms with E-state index in [0.29, 0.717) is 44.4 Å². The third kappa shape index (κ3) is 4.57. The van der Waals surface area contributed by atoms with Crippen molar-refractivity contribution < 1.29 is 13.9 Å².